The van der Waals surface area contributed by atoms with Crippen molar-refractivity contribution in [2.75, 3.05) is 24.7 Å². The van der Waals surface area contributed by atoms with Gasteiger partial charge in [0.25, 0.3) is 0 Å². The van der Waals surface area contributed by atoms with E-state index in [9.17, 15) is 4.21 Å². The molecule has 0 amide bonds. The number of rotatable bonds is 4. The third kappa shape index (κ3) is 4.56. The molecule has 0 aromatic carbocycles. The SMILES string of the molecule is COCC[S@@](=O)CCl. The molecule has 4 heteroatoms. The van der Waals surface area contributed by atoms with Gasteiger partial charge in [0.1, 0.15) is 0 Å². The maximum atomic E-state index is 10.5. The summed E-state index contributed by atoms with van der Waals surface area (Å²) in [6.45, 7) is 0.527. The van der Waals surface area contributed by atoms with Crippen LogP contribution < -0.4 is 0 Å². The van der Waals surface area contributed by atoms with Gasteiger partial charge >= 0.3 is 0 Å². The Bertz CT molecular complexity index is 76.4. The highest BCUT2D eigenvalue weighted by molar-refractivity contribution is 7.86. The second-order valence-corrected chi connectivity index (χ2v) is 3.41. The maximum Gasteiger partial charge on any atom is 0.0980 e. The van der Waals surface area contributed by atoms with Crippen molar-refractivity contribution in [1.29, 1.82) is 0 Å². The van der Waals surface area contributed by atoms with E-state index in [0.717, 1.165) is 0 Å². The van der Waals surface area contributed by atoms with Gasteiger partial charge in [0, 0.05) is 23.7 Å². The number of methoxy groups -OCH3 is 1. The van der Waals surface area contributed by atoms with E-state index in [1.54, 1.807) is 7.11 Å². The van der Waals surface area contributed by atoms with E-state index in [4.69, 9.17) is 11.6 Å². The first-order chi connectivity index (χ1) is 3.81. The third-order valence-corrected chi connectivity index (χ3v) is 2.23. The number of halogens is 1. The predicted octanol–water partition coefficient (Wildman–Crippen LogP) is 0.578. The van der Waals surface area contributed by atoms with Crippen molar-refractivity contribution in [1.82, 2.24) is 0 Å². The van der Waals surface area contributed by atoms with Gasteiger partial charge in [-0.05, 0) is 0 Å². The van der Waals surface area contributed by atoms with Crippen LogP contribution in [0.2, 0.25) is 0 Å². The fourth-order valence-electron chi connectivity index (χ4n) is 0.231. The first-order valence-corrected chi connectivity index (χ1v) is 4.23. The Balaban J connectivity index is 2.99. The van der Waals surface area contributed by atoms with Crippen LogP contribution in [-0.4, -0.2) is 28.9 Å². The van der Waals surface area contributed by atoms with Gasteiger partial charge in [0.15, 0.2) is 0 Å². The summed E-state index contributed by atoms with van der Waals surface area (Å²) < 4.78 is 15.1. The van der Waals surface area contributed by atoms with E-state index in [1.165, 1.54) is 0 Å². The van der Waals surface area contributed by atoms with Crippen LogP contribution >= 0.6 is 11.6 Å². The van der Waals surface area contributed by atoms with Crippen molar-refractivity contribution in [3.8, 4) is 0 Å². The van der Waals surface area contributed by atoms with Crippen LogP contribution in [0.1, 0.15) is 0 Å². The lowest BCUT2D eigenvalue weighted by molar-refractivity contribution is 0.218. The van der Waals surface area contributed by atoms with Gasteiger partial charge in [-0.1, -0.05) is 0 Å². The molecule has 0 aliphatic carbocycles. The molecule has 0 saturated heterocycles. The fraction of sp³-hybridized carbons (Fsp3) is 1.00. The van der Waals surface area contributed by atoms with E-state index in [0.29, 0.717) is 12.4 Å². The van der Waals surface area contributed by atoms with Crippen molar-refractivity contribution in [2.24, 2.45) is 0 Å². The predicted molar refractivity (Wildman–Crippen MR) is 35.6 cm³/mol. The molecule has 50 valence electrons. The Kier molecular flexibility index (Phi) is 5.81. The minimum Gasteiger partial charge on any atom is -0.384 e. The second-order valence-electron chi connectivity index (χ2n) is 1.25. The Morgan fingerprint density at radius 3 is 2.75 bits per heavy atom. The average Bonchev–Trinajstić information content (AvgIpc) is 1.83. The zero-order valence-electron chi connectivity index (χ0n) is 4.72. The van der Waals surface area contributed by atoms with Crippen molar-refractivity contribution in [3.05, 3.63) is 0 Å². The summed E-state index contributed by atoms with van der Waals surface area (Å²) in [4.78, 5) is 0. The first-order valence-electron chi connectivity index (χ1n) is 2.21. The van der Waals surface area contributed by atoms with Crippen LogP contribution in [-0.2, 0) is 15.5 Å². The lowest BCUT2D eigenvalue weighted by Gasteiger charge is -1.93. The molecule has 0 saturated carbocycles. The van der Waals surface area contributed by atoms with E-state index < -0.39 is 10.8 Å². The van der Waals surface area contributed by atoms with Gasteiger partial charge in [-0.25, -0.2) is 0 Å². The Hall–Kier alpha value is 0.400. The summed E-state index contributed by atoms with van der Waals surface area (Å²) in [5.74, 6) is 0.542. The van der Waals surface area contributed by atoms with E-state index in [-0.39, 0.29) is 5.21 Å². The third-order valence-electron chi connectivity index (χ3n) is 0.637. The van der Waals surface area contributed by atoms with Crippen LogP contribution in [0.25, 0.3) is 0 Å². The van der Waals surface area contributed by atoms with Crippen LogP contribution in [0.4, 0.5) is 0 Å². The molecule has 0 aliphatic heterocycles. The highest BCUT2D eigenvalue weighted by Crippen LogP contribution is 1.85. The Morgan fingerprint density at radius 1 is 1.75 bits per heavy atom. The Morgan fingerprint density at radius 2 is 2.38 bits per heavy atom. The van der Waals surface area contributed by atoms with Gasteiger partial charge < -0.3 is 4.74 Å². The molecular formula is C4H9ClO2S. The molecule has 0 aliphatic rings. The Labute approximate surface area is 56.6 Å². The summed E-state index contributed by atoms with van der Waals surface area (Å²) in [7, 11) is 0.688. The summed E-state index contributed by atoms with van der Waals surface area (Å²) in [6.07, 6.45) is 0. The molecular weight excluding hydrogens is 148 g/mol. The lowest BCUT2D eigenvalue weighted by Crippen LogP contribution is -2.03. The summed E-state index contributed by atoms with van der Waals surface area (Å²) in [6, 6.07) is 0. The molecule has 0 heterocycles. The summed E-state index contributed by atoms with van der Waals surface area (Å²) in [5, 5.41) is 0.212. The van der Waals surface area contributed by atoms with Crippen LogP contribution in [0.3, 0.4) is 0 Å². The zero-order chi connectivity index (χ0) is 6.41. The highest BCUT2D eigenvalue weighted by Gasteiger charge is 1.93. The molecule has 8 heavy (non-hydrogen) atoms. The van der Waals surface area contributed by atoms with Gasteiger partial charge in [-0.2, -0.15) is 0 Å². The average molecular weight is 157 g/mol. The largest absolute Gasteiger partial charge is 0.384 e. The maximum absolute atomic E-state index is 10.5. The standard InChI is InChI=1S/C4H9ClO2S/c1-7-2-3-8(6)4-5/h2-4H2,1H3/t8-/m1/s1. The molecule has 0 N–H and O–H groups in total. The van der Waals surface area contributed by atoms with Gasteiger partial charge in [-0.3, -0.25) is 4.21 Å². The first kappa shape index (κ1) is 8.40. The zero-order valence-corrected chi connectivity index (χ0v) is 6.30. The smallest absolute Gasteiger partial charge is 0.0980 e. The minimum absolute atomic E-state index is 0.212. The van der Waals surface area contributed by atoms with Crippen molar-refractivity contribution >= 4 is 22.4 Å². The van der Waals surface area contributed by atoms with Crippen LogP contribution in [0.15, 0.2) is 0 Å². The topological polar surface area (TPSA) is 26.3 Å². The number of ether oxygens (including phenoxy) is 1. The van der Waals surface area contributed by atoms with E-state index in [1.807, 2.05) is 0 Å². The van der Waals surface area contributed by atoms with E-state index >= 15 is 0 Å². The molecule has 2 nitrogen and oxygen atoms in total. The van der Waals surface area contributed by atoms with Crippen molar-refractivity contribution < 1.29 is 8.95 Å². The number of alkyl halides is 1. The van der Waals surface area contributed by atoms with Gasteiger partial charge in [0.2, 0.25) is 0 Å². The molecule has 1 atom stereocenters. The highest BCUT2D eigenvalue weighted by atomic mass is 35.5. The van der Waals surface area contributed by atoms with Crippen LogP contribution in [0.5, 0.6) is 0 Å². The van der Waals surface area contributed by atoms with Gasteiger partial charge in [-0.15, -0.1) is 11.6 Å². The quantitative estimate of drug-likeness (QED) is 0.557. The molecule has 0 fully saturated rings. The van der Waals surface area contributed by atoms with Crippen molar-refractivity contribution in [2.45, 2.75) is 0 Å². The number of hydrogen-bond donors (Lipinski definition) is 0. The molecule has 0 spiro atoms. The monoisotopic (exact) mass is 156 g/mol. The summed E-state index contributed by atoms with van der Waals surface area (Å²) >= 11 is 5.23. The van der Waals surface area contributed by atoms with Gasteiger partial charge in [0.05, 0.1) is 11.8 Å². The number of hydrogen-bond acceptors (Lipinski definition) is 2. The van der Waals surface area contributed by atoms with E-state index in [2.05, 4.69) is 4.74 Å². The normalized spacial score (nSPS) is 13.8. The van der Waals surface area contributed by atoms with Crippen molar-refractivity contribution in [3.63, 3.8) is 0 Å². The molecule has 0 unspecified atom stereocenters. The minimum atomic E-state index is -0.886. The molecule has 0 aromatic heterocycles. The molecule has 0 aromatic rings. The lowest BCUT2D eigenvalue weighted by atomic mass is 10.9. The van der Waals surface area contributed by atoms with Crippen LogP contribution in [0, 0.1) is 0 Å². The second kappa shape index (κ2) is 5.54. The molecule has 0 bridgehead atoms. The summed E-state index contributed by atoms with van der Waals surface area (Å²) in [5.41, 5.74) is 0. The molecule has 0 rings (SSSR count). The fourth-order valence-corrected chi connectivity index (χ4v) is 1.02. The molecule has 0 radical (unpaired) electrons.